The first kappa shape index (κ1) is 13.3. The van der Waals surface area contributed by atoms with Crippen molar-refractivity contribution in [3.05, 3.63) is 52.1 Å². The molecule has 0 saturated heterocycles. The van der Waals surface area contributed by atoms with E-state index in [4.69, 9.17) is 17.0 Å². The summed E-state index contributed by atoms with van der Waals surface area (Å²) < 4.78 is 6.37. The number of para-hydroxylation sites is 1. The first-order valence-electron chi connectivity index (χ1n) is 6.78. The quantitative estimate of drug-likeness (QED) is 0.806. The fourth-order valence-electron chi connectivity index (χ4n) is 2.43. The second-order valence-corrected chi connectivity index (χ2v) is 6.59. The lowest BCUT2D eigenvalue weighted by Gasteiger charge is -2.20. The molecule has 2 aromatic rings. The largest absolute Gasteiger partial charge is 0.492 e. The van der Waals surface area contributed by atoms with Crippen LogP contribution < -0.4 is 4.74 Å². The molecule has 1 aliphatic rings. The molecular weight excluding hydrogens is 268 g/mol. The maximum atomic E-state index is 5.74. The van der Waals surface area contributed by atoms with E-state index in [-0.39, 0.29) is 11.3 Å². The lowest BCUT2D eigenvalue weighted by molar-refractivity contribution is 0.339. The summed E-state index contributed by atoms with van der Waals surface area (Å²) in [5, 5.41) is 0. The Kier molecular flexibility index (Phi) is 3.13. The predicted octanol–water partition coefficient (Wildman–Crippen LogP) is 3.96. The second-order valence-electron chi connectivity index (χ2n) is 6.17. The van der Waals surface area contributed by atoms with E-state index in [1.54, 1.807) is 0 Å². The van der Waals surface area contributed by atoms with E-state index >= 15 is 0 Å². The number of nitrogens with zero attached hydrogens (tertiary/aromatic N) is 1. The van der Waals surface area contributed by atoms with Gasteiger partial charge in [0.05, 0.1) is 5.92 Å². The molecule has 0 aliphatic carbocycles. The minimum absolute atomic E-state index is 0.0181. The number of fused-ring (bicyclic) bond motifs is 1. The predicted molar refractivity (Wildman–Crippen MR) is 81.9 cm³/mol. The summed E-state index contributed by atoms with van der Waals surface area (Å²) in [5.74, 6) is 1.97. The zero-order valence-electron chi connectivity index (χ0n) is 11.9. The average molecular weight is 286 g/mol. The van der Waals surface area contributed by atoms with Crippen LogP contribution in [0.15, 0.2) is 30.3 Å². The number of aromatic amines is 1. The summed E-state index contributed by atoms with van der Waals surface area (Å²) in [7, 11) is 0. The van der Waals surface area contributed by atoms with Gasteiger partial charge in [0.1, 0.15) is 22.8 Å². The number of aromatic nitrogens is 2. The van der Waals surface area contributed by atoms with Crippen LogP contribution >= 0.6 is 12.2 Å². The van der Waals surface area contributed by atoms with Crippen LogP contribution in [0.5, 0.6) is 5.75 Å². The van der Waals surface area contributed by atoms with E-state index in [1.807, 2.05) is 24.3 Å². The molecule has 3 nitrogen and oxygen atoms in total. The number of ether oxygens (including phenoxy) is 1. The third-order valence-electron chi connectivity index (χ3n) is 3.60. The van der Waals surface area contributed by atoms with Crippen molar-refractivity contribution in [2.45, 2.75) is 32.1 Å². The normalized spacial score (nSPS) is 17.6. The summed E-state index contributed by atoms with van der Waals surface area (Å²) in [6.07, 6.45) is 0. The van der Waals surface area contributed by atoms with E-state index in [1.165, 1.54) is 5.56 Å². The summed E-state index contributed by atoms with van der Waals surface area (Å²) in [5.41, 5.74) is 2.30. The minimum atomic E-state index is 0.0181. The third-order valence-corrected chi connectivity index (χ3v) is 3.81. The Morgan fingerprint density at radius 1 is 1.30 bits per heavy atom. The van der Waals surface area contributed by atoms with Gasteiger partial charge < -0.3 is 9.72 Å². The summed E-state index contributed by atoms with van der Waals surface area (Å²) in [4.78, 5) is 7.96. The van der Waals surface area contributed by atoms with Crippen LogP contribution in [-0.2, 0) is 5.41 Å². The van der Waals surface area contributed by atoms with Crippen LogP contribution in [0.1, 0.15) is 43.8 Å². The zero-order valence-corrected chi connectivity index (χ0v) is 12.8. The second kappa shape index (κ2) is 4.70. The number of nitrogens with one attached hydrogen (secondary N) is 1. The standard InChI is InChI=1S/C16H18N2OS/c1-16(2,3)13-8-14(20)18-15(17-13)11-9-19-12-7-5-4-6-10(11)12/h4-8,11H,9H2,1-3H3,(H,17,18,20). The Bertz CT molecular complexity index is 700. The molecule has 0 saturated carbocycles. The highest BCUT2D eigenvalue weighted by molar-refractivity contribution is 7.71. The van der Waals surface area contributed by atoms with Gasteiger partial charge in [0.25, 0.3) is 0 Å². The van der Waals surface area contributed by atoms with Crippen LogP contribution in [0.4, 0.5) is 0 Å². The Balaban J connectivity index is 2.08. The van der Waals surface area contributed by atoms with Crippen LogP contribution in [0.2, 0.25) is 0 Å². The number of hydrogen-bond acceptors (Lipinski definition) is 3. The first-order chi connectivity index (χ1) is 9.45. The van der Waals surface area contributed by atoms with Gasteiger partial charge in [0.2, 0.25) is 0 Å². The van der Waals surface area contributed by atoms with Crippen LogP contribution in [0.3, 0.4) is 0 Å². The maximum absolute atomic E-state index is 5.74. The number of H-pyrrole nitrogens is 1. The number of benzene rings is 1. The van der Waals surface area contributed by atoms with Gasteiger partial charge >= 0.3 is 0 Å². The van der Waals surface area contributed by atoms with Gasteiger partial charge in [-0.15, -0.1) is 0 Å². The van der Waals surface area contributed by atoms with Gasteiger partial charge in [-0.2, -0.15) is 0 Å². The van der Waals surface area contributed by atoms with Crippen LogP contribution in [0.25, 0.3) is 0 Å². The van der Waals surface area contributed by atoms with Crippen molar-refractivity contribution in [3.8, 4) is 5.75 Å². The summed E-state index contributed by atoms with van der Waals surface area (Å²) >= 11 is 5.32. The molecule has 20 heavy (non-hydrogen) atoms. The fourth-order valence-corrected chi connectivity index (χ4v) is 2.65. The van der Waals surface area contributed by atoms with E-state index < -0.39 is 0 Å². The molecule has 0 fully saturated rings. The first-order valence-corrected chi connectivity index (χ1v) is 7.19. The molecule has 0 amide bonds. The topological polar surface area (TPSA) is 37.9 Å². The van der Waals surface area contributed by atoms with Crippen LogP contribution in [0, 0.1) is 4.64 Å². The SMILES string of the molecule is CC(C)(C)c1cc(=S)nc(C2COc3ccccc32)[nH]1. The molecule has 1 aromatic heterocycles. The van der Waals surface area contributed by atoms with Crippen LogP contribution in [-0.4, -0.2) is 16.6 Å². The highest BCUT2D eigenvalue weighted by Crippen LogP contribution is 2.36. The molecule has 0 radical (unpaired) electrons. The van der Waals surface area contributed by atoms with Gasteiger partial charge in [0, 0.05) is 16.7 Å². The van der Waals surface area contributed by atoms with E-state index in [2.05, 4.69) is 36.8 Å². The molecule has 1 unspecified atom stereocenters. The van der Waals surface area contributed by atoms with Crippen molar-refractivity contribution in [2.24, 2.45) is 0 Å². The van der Waals surface area contributed by atoms with Crippen molar-refractivity contribution < 1.29 is 4.74 Å². The highest BCUT2D eigenvalue weighted by atomic mass is 32.1. The van der Waals surface area contributed by atoms with Gasteiger partial charge in [0.15, 0.2) is 0 Å². The minimum Gasteiger partial charge on any atom is -0.492 e. The van der Waals surface area contributed by atoms with Crippen molar-refractivity contribution in [2.75, 3.05) is 6.61 Å². The molecule has 4 heteroatoms. The van der Waals surface area contributed by atoms with Crippen molar-refractivity contribution in [3.63, 3.8) is 0 Å². The molecule has 1 aromatic carbocycles. The Hall–Kier alpha value is -1.68. The molecule has 104 valence electrons. The Morgan fingerprint density at radius 2 is 2.05 bits per heavy atom. The van der Waals surface area contributed by atoms with E-state index in [0.29, 0.717) is 11.2 Å². The Labute approximate surface area is 124 Å². The van der Waals surface area contributed by atoms with E-state index in [0.717, 1.165) is 17.3 Å². The van der Waals surface area contributed by atoms with Gasteiger partial charge in [-0.3, -0.25) is 0 Å². The average Bonchev–Trinajstić information content (AvgIpc) is 2.80. The third kappa shape index (κ3) is 2.36. The highest BCUT2D eigenvalue weighted by Gasteiger charge is 2.28. The van der Waals surface area contributed by atoms with Crippen molar-refractivity contribution >= 4 is 12.2 Å². The molecule has 2 heterocycles. The zero-order chi connectivity index (χ0) is 14.3. The van der Waals surface area contributed by atoms with Gasteiger partial charge in [-0.25, -0.2) is 4.98 Å². The number of rotatable bonds is 1. The van der Waals surface area contributed by atoms with Gasteiger partial charge in [-0.1, -0.05) is 51.2 Å². The molecule has 1 aliphatic heterocycles. The smallest absolute Gasteiger partial charge is 0.130 e. The van der Waals surface area contributed by atoms with Crippen molar-refractivity contribution in [1.82, 2.24) is 9.97 Å². The maximum Gasteiger partial charge on any atom is 0.130 e. The summed E-state index contributed by atoms with van der Waals surface area (Å²) in [6.45, 7) is 7.11. The number of hydrogen-bond donors (Lipinski definition) is 1. The Morgan fingerprint density at radius 3 is 2.80 bits per heavy atom. The molecule has 1 atom stereocenters. The fraction of sp³-hybridized carbons (Fsp3) is 0.375. The lowest BCUT2D eigenvalue weighted by atomic mass is 9.91. The molecule has 0 bridgehead atoms. The summed E-state index contributed by atoms with van der Waals surface area (Å²) in [6, 6.07) is 10.1. The lowest BCUT2D eigenvalue weighted by Crippen LogP contribution is -2.17. The van der Waals surface area contributed by atoms with Gasteiger partial charge in [-0.05, 0) is 12.1 Å². The monoisotopic (exact) mass is 286 g/mol. The molecule has 1 N–H and O–H groups in total. The molecule has 0 spiro atoms. The molecule has 3 rings (SSSR count). The molecular formula is C16H18N2OS. The van der Waals surface area contributed by atoms with E-state index in [9.17, 15) is 0 Å². The van der Waals surface area contributed by atoms with Crippen molar-refractivity contribution in [1.29, 1.82) is 0 Å².